The van der Waals surface area contributed by atoms with Crippen molar-refractivity contribution in [2.45, 2.75) is 219 Å². The minimum absolute atomic E-state index is 0.0924. The highest BCUT2D eigenvalue weighted by Gasteiger charge is 2.10. The van der Waals surface area contributed by atoms with Gasteiger partial charge in [0.25, 0.3) is 0 Å². The van der Waals surface area contributed by atoms with Gasteiger partial charge in [-0.3, -0.25) is 0 Å². The summed E-state index contributed by atoms with van der Waals surface area (Å²) in [5.41, 5.74) is 0. The topological polar surface area (TPSA) is 27.7 Å². The van der Waals surface area contributed by atoms with Crippen LogP contribution in [0.2, 0.25) is 0 Å². The highest BCUT2D eigenvalue weighted by atomic mass is 16.6. The predicted molar refractivity (Wildman–Crippen MR) is 187 cm³/mol. The van der Waals surface area contributed by atoms with Crippen molar-refractivity contribution >= 4 is 0 Å². The van der Waals surface area contributed by atoms with Crippen LogP contribution in [0.4, 0.5) is 0 Å². The van der Waals surface area contributed by atoms with E-state index in [0.717, 1.165) is 19.8 Å². The van der Waals surface area contributed by atoms with Crippen molar-refractivity contribution in [1.29, 1.82) is 0 Å². The van der Waals surface area contributed by atoms with Gasteiger partial charge in [0.15, 0.2) is 0 Å². The first-order valence-corrected chi connectivity index (χ1v) is 19.6. The summed E-state index contributed by atoms with van der Waals surface area (Å²) in [4.78, 5) is 0. The third-order valence-corrected chi connectivity index (χ3v) is 8.74. The Kier molecular flexibility index (Phi) is 38.8. The van der Waals surface area contributed by atoms with E-state index in [1.807, 2.05) is 0 Å². The van der Waals surface area contributed by atoms with Crippen LogP contribution in [0.3, 0.4) is 0 Å². The largest absolute Gasteiger partial charge is 0.379 e. The molecule has 3 heteroatoms. The smallest absolute Gasteiger partial charge is 0.104 e. The molecule has 0 aromatic carbocycles. The standard InChI is InChI=1S/C39H80O3/c1-4-7-10-13-16-19-22-25-28-31-34-40-37-39(42-36-33-30-27-24-21-18-15-12-9-6-3)38-41-35-32-29-26-23-20-17-14-11-8-5-2/h39H,4-38H2,1-3H3. The molecule has 0 rings (SSSR count). The van der Waals surface area contributed by atoms with Gasteiger partial charge in [-0.2, -0.15) is 0 Å². The zero-order valence-electron chi connectivity index (χ0n) is 29.6. The molecule has 0 saturated carbocycles. The molecule has 0 aromatic rings. The third kappa shape index (κ3) is 36.1. The number of hydrogen-bond donors (Lipinski definition) is 0. The van der Waals surface area contributed by atoms with E-state index in [9.17, 15) is 0 Å². The summed E-state index contributed by atoms with van der Waals surface area (Å²) in [6, 6.07) is 0. The fraction of sp³-hybridized carbons (Fsp3) is 1.00. The van der Waals surface area contributed by atoms with Gasteiger partial charge in [-0.1, -0.05) is 194 Å². The molecule has 0 unspecified atom stereocenters. The zero-order valence-corrected chi connectivity index (χ0v) is 29.6. The van der Waals surface area contributed by atoms with Crippen molar-refractivity contribution in [3.63, 3.8) is 0 Å². The van der Waals surface area contributed by atoms with Gasteiger partial charge < -0.3 is 14.2 Å². The Morgan fingerprint density at radius 3 is 0.810 bits per heavy atom. The van der Waals surface area contributed by atoms with Crippen LogP contribution in [0.1, 0.15) is 213 Å². The molecule has 0 bridgehead atoms. The molecule has 254 valence electrons. The Labute approximate surface area is 266 Å². The van der Waals surface area contributed by atoms with Crippen molar-refractivity contribution in [3.8, 4) is 0 Å². The Hall–Kier alpha value is -0.120. The van der Waals surface area contributed by atoms with Crippen molar-refractivity contribution < 1.29 is 14.2 Å². The first-order valence-electron chi connectivity index (χ1n) is 19.6. The highest BCUT2D eigenvalue weighted by Crippen LogP contribution is 2.13. The van der Waals surface area contributed by atoms with Gasteiger partial charge in [0, 0.05) is 19.8 Å². The Morgan fingerprint density at radius 2 is 0.524 bits per heavy atom. The van der Waals surface area contributed by atoms with E-state index in [-0.39, 0.29) is 6.10 Å². The first-order chi connectivity index (χ1) is 20.8. The van der Waals surface area contributed by atoms with E-state index >= 15 is 0 Å². The summed E-state index contributed by atoms with van der Waals surface area (Å²) in [6.45, 7) is 10.8. The average Bonchev–Trinajstić information content (AvgIpc) is 3.00. The highest BCUT2D eigenvalue weighted by molar-refractivity contribution is 4.58. The van der Waals surface area contributed by atoms with E-state index in [4.69, 9.17) is 14.2 Å². The molecule has 0 aliphatic rings. The Morgan fingerprint density at radius 1 is 0.286 bits per heavy atom. The molecule has 0 spiro atoms. The van der Waals surface area contributed by atoms with Gasteiger partial charge in [0.2, 0.25) is 0 Å². The summed E-state index contributed by atoms with van der Waals surface area (Å²) < 4.78 is 18.4. The molecule has 0 saturated heterocycles. The lowest BCUT2D eigenvalue weighted by Crippen LogP contribution is -2.26. The first kappa shape index (κ1) is 41.9. The monoisotopic (exact) mass is 597 g/mol. The third-order valence-electron chi connectivity index (χ3n) is 8.74. The lowest BCUT2D eigenvalue weighted by molar-refractivity contribution is -0.0616. The van der Waals surface area contributed by atoms with Crippen molar-refractivity contribution in [3.05, 3.63) is 0 Å². The van der Waals surface area contributed by atoms with Crippen LogP contribution in [0.5, 0.6) is 0 Å². The number of rotatable bonds is 38. The van der Waals surface area contributed by atoms with Gasteiger partial charge in [-0.15, -0.1) is 0 Å². The van der Waals surface area contributed by atoms with E-state index in [1.165, 1.54) is 193 Å². The minimum Gasteiger partial charge on any atom is -0.379 e. The second-order valence-corrected chi connectivity index (χ2v) is 13.2. The van der Waals surface area contributed by atoms with Crippen LogP contribution in [-0.4, -0.2) is 39.1 Å². The van der Waals surface area contributed by atoms with Gasteiger partial charge in [-0.05, 0) is 19.3 Å². The second kappa shape index (κ2) is 38.9. The molecule has 0 heterocycles. The molecule has 42 heavy (non-hydrogen) atoms. The fourth-order valence-corrected chi connectivity index (χ4v) is 5.80. The second-order valence-electron chi connectivity index (χ2n) is 13.2. The average molecular weight is 597 g/mol. The summed E-state index contributed by atoms with van der Waals surface area (Å²) in [5, 5.41) is 0. The summed E-state index contributed by atoms with van der Waals surface area (Å²) >= 11 is 0. The van der Waals surface area contributed by atoms with E-state index < -0.39 is 0 Å². The van der Waals surface area contributed by atoms with E-state index in [2.05, 4.69) is 20.8 Å². The molecule has 3 nitrogen and oxygen atoms in total. The van der Waals surface area contributed by atoms with Crippen LogP contribution < -0.4 is 0 Å². The molecule has 0 aliphatic carbocycles. The maximum atomic E-state index is 6.26. The molecule has 0 N–H and O–H groups in total. The molecular formula is C39H80O3. The maximum absolute atomic E-state index is 6.26. The zero-order chi connectivity index (χ0) is 30.4. The molecular weight excluding hydrogens is 516 g/mol. The molecule has 0 aromatic heterocycles. The van der Waals surface area contributed by atoms with Gasteiger partial charge in [0.1, 0.15) is 6.10 Å². The van der Waals surface area contributed by atoms with Crippen LogP contribution >= 0.6 is 0 Å². The minimum atomic E-state index is 0.0924. The lowest BCUT2D eigenvalue weighted by atomic mass is 10.1. The normalized spacial score (nSPS) is 11.7. The van der Waals surface area contributed by atoms with Crippen molar-refractivity contribution in [1.82, 2.24) is 0 Å². The summed E-state index contributed by atoms with van der Waals surface area (Å²) in [6.07, 6.45) is 41.1. The van der Waals surface area contributed by atoms with E-state index in [0.29, 0.717) is 13.2 Å². The van der Waals surface area contributed by atoms with Crippen LogP contribution in [-0.2, 0) is 14.2 Å². The maximum Gasteiger partial charge on any atom is 0.104 e. The Balaban J connectivity index is 3.89. The molecule has 0 atom stereocenters. The molecule has 0 radical (unpaired) electrons. The lowest BCUT2D eigenvalue weighted by Gasteiger charge is -2.18. The number of unbranched alkanes of at least 4 members (excludes halogenated alkanes) is 27. The van der Waals surface area contributed by atoms with Gasteiger partial charge in [0.05, 0.1) is 13.2 Å². The number of hydrogen-bond acceptors (Lipinski definition) is 3. The van der Waals surface area contributed by atoms with Gasteiger partial charge in [-0.25, -0.2) is 0 Å². The van der Waals surface area contributed by atoms with Crippen LogP contribution in [0.25, 0.3) is 0 Å². The van der Waals surface area contributed by atoms with Crippen LogP contribution in [0.15, 0.2) is 0 Å². The molecule has 0 fully saturated rings. The number of ether oxygens (including phenoxy) is 3. The quantitative estimate of drug-likeness (QED) is 0.0663. The SMILES string of the molecule is CCCCCCCCCCCCOCC(COCCCCCCCCCCCC)OCCCCCCCCCCCC. The van der Waals surface area contributed by atoms with Crippen LogP contribution in [0, 0.1) is 0 Å². The summed E-state index contributed by atoms with van der Waals surface area (Å²) in [7, 11) is 0. The predicted octanol–water partition coefficient (Wildman–Crippen LogP) is 13.2. The molecule has 0 aliphatic heterocycles. The van der Waals surface area contributed by atoms with E-state index in [1.54, 1.807) is 0 Å². The fourth-order valence-electron chi connectivity index (χ4n) is 5.80. The summed E-state index contributed by atoms with van der Waals surface area (Å²) in [5.74, 6) is 0. The van der Waals surface area contributed by atoms with Crippen molar-refractivity contribution in [2.75, 3.05) is 33.0 Å². The Bertz CT molecular complexity index is 427. The molecule has 0 amide bonds. The van der Waals surface area contributed by atoms with Crippen molar-refractivity contribution in [2.24, 2.45) is 0 Å². The van der Waals surface area contributed by atoms with Gasteiger partial charge >= 0.3 is 0 Å².